The smallest absolute Gasteiger partial charge is 0.363 e. The van der Waals surface area contributed by atoms with E-state index in [2.05, 4.69) is 47.6 Å². The Morgan fingerprint density at radius 3 is 2.28 bits per heavy atom. The summed E-state index contributed by atoms with van der Waals surface area (Å²) in [6.45, 7) is 12.7. The molecule has 0 N–H and O–H groups in total. The topological polar surface area (TPSA) is 15.6 Å². The molecule has 104 valence electrons. The Labute approximate surface area is 124 Å². The largest absolute Gasteiger partial charge is 0.470 e. The fourth-order valence-corrected chi connectivity index (χ4v) is 2.10. The monoisotopic (exact) mass is 268 g/mol. The van der Waals surface area contributed by atoms with E-state index in [1.165, 1.54) is 0 Å². The molecule has 0 spiro atoms. The molecule has 0 aliphatic rings. The van der Waals surface area contributed by atoms with Gasteiger partial charge in [0.1, 0.15) is 0 Å². The van der Waals surface area contributed by atoms with Crippen LogP contribution in [0, 0.1) is 0 Å². The summed E-state index contributed by atoms with van der Waals surface area (Å²) in [4.78, 5) is 4.73. The number of rotatable bonds is 9. The van der Waals surface area contributed by atoms with Gasteiger partial charge in [-0.15, -0.1) is 0 Å². The first-order valence-electron chi connectivity index (χ1n) is 8.46. The summed E-state index contributed by atoms with van der Waals surface area (Å²) in [5, 5.41) is 0. The van der Waals surface area contributed by atoms with E-state index in [-0.39, 0.29) is 6.04 Å². The third-order valence-corrected chi connectivity index (χ3v) is 4.27. The molecule has 0 aromatic heterocycles. The van der Waals surface area contributed by atoms with Crippen molar-refractivity contribution in [2.24, 2.45) is 4.99 Å². The van der Waals surface area contributed by atoms with E-state index in [9.17, 15) is 0 Å². The van der Waals surface area contributed by atoms with E-state index in [1.807, 2.05) is 3.88 Å². The lowest BCUT2D eigenvalue weighted by Gasteiger charge is -2.30. The zero-order valence-electron chi connectivity index (χ0n) is 15.0. The zero-order valence-corrected chi connectivity index (χ0v) is 14.2. The van der Waals surface area contributed by atoms with Crippen molar-refractivity contribution in [1.82, 2.24) is 3.88 Å². The number of hydrogen-bond acceptors (Lipinski definition) is 2. The first-order chi connectivity index (χ1) is 9.40. The maximum absolute atomic E-state index is 7.93. The lowest BCUT2D eigenvalue weighted by molar-refractivity contribution is 0.408. The van der Waals surface area contributed by atoms with Crippen LogP contribution in [0.4, 0.5) is 0 Å². The summed E-state index contributed by atoms with van der Waals surface area (Å²) in [5.41, 5.74) is 2.21. The van der Waals surface area contributed by atoms with Crippen molar-refractivity contribution in [3.63, 3.8) is 0 Å². The van der Waals surface area contributed by atoms with Crippen LogP contribution in [0.1, 0.15) is 67.2 Å². The van der Waals surface area contributed by atoms with Gasteiger partial charge in [0.15, 0.2) is 0 Å². The highest BCUT2D eigenvalue weighted by atomic mass is 27.1. The predicted molar refractivity (Wildman–Crippen MR) is 86.0 cm³/mol. The van der Waals surface area contributed by atoms with Crippen molar-refractivity contribution in [1.29, 1.82) is 1.88 Å². The summed E-state index contributed by atoms with van der Waals surface area (Å²) in [6, 6.07) is 0.617. The Hall–Kier alpha value is -0.258. The first-order valence-corrected chi connectivity index (χ1v) is 7.82. The molecule has 18 heavy (non-hydrogen) atoms. The second-order valence-corrected chi connectivity index (χ2v) is 5.44. The summed E-state index contributed by atoms with van der Waals surface area (Å²) in [7, 11) is 0. The van der Waals surface area contributed by atoms with Gasteiger partial charge in [-0.2, -0.15) is 0 Å². The van der Waals surface area contributed by atoms with Crippen LogP contribution < -0.4 is 0 Å². The van der Waals surface area contributed by atoms with Gasteiger partial charge in [-0.25, -0.2) is 0 Å². The predicted octanol–water partition coefficient (Wildman–Crippen LogP) is 3.58. The fourth-order valence-electron chi connectivity index (χ4n) is 1.64. The first kappa shape index (κ1) is 14.2. The van der Waals surface area contributed by atoms with Crippen LogP contribution in [-0.4, -0.2) is 39.8 Å². The van der Waals surface area contributed by atoms with Gasteiger partial charge in [0.2, 0.25) is 0 Å². The minimum atomic E-state index is -2.34. The van der Waals surface area contributed by atoms with Gasteiger partial charge in [-0.3, -0.25) is 4.99 Å². The highest BCUT2D eigenvalue weighted by Crippen LogP contribution is 2.13. The van der Waals surface area contributed by atoms with Crippen LogP contribution in [0.5, 0.6) is 0 Å². The Morgan fingerprint density at radius 1 is 1.22 bits per heavy atom. The van der Waals surface area contributed by atoms with Crippen molar-refractivity contribution in [2.45, 2.75) is 79.3 Å². The second-order valence-electron chi connectivity index (χ2n) is 4.89. The van der Waals surface area contributed by atoms with Crippen LogP contribution >= 0.6 is 0 Å². The van der Waals surface area contributed by atoms with Crippen molar-refractivity contribution in [2.75, 3.05) is 0 Å². The molecule has 2 atom stereocenters. The van der Waals surface area contributed by atoms with E-state index < -0.39 is 16.2 Å². The Bertz CT molecular complexity index is 330. The lowest BCUT2D eigenvalue weighted by atomic mass is 10.1. The molecule has 0 rings (SSSR count). The third kappa shape index (κ3) is 6.07. The number of allylic oxidation sites excluding steroid dienone is 2. The van der Waals surface area contributed by atoms with Crippen LogP contribution in [0.3, 0.4) is 0 Å². The van der Waals surface area contributed by atoms with E-state index in [0.29, 0.717) is 6.04 Å². The van der Waals surface area contributed by atoms with Gasteiger partial charge in [0.05, 0.1) is 0 Å². The van der Waals surface area contributed by atoms with Gasteiger partial charge < -0.3 is 3.88 Å². The molecule has 0 bridgehead atoms. The van der Waals surface area contributed by atoms with E-state index in [1.54, 1.807) is 0 Å². The Morgan fingerprint density at radius 2 is 1.89 bits per heavy atom. The lowest BCUT2D eigenvalue weighted by Crippen LogP contribution is -2.29. The van der Waals surface area contributed by atoms with E-state index in [0.717, 1.165) is 37.1 Å². The molecule has 2 nitrogen and oxygen atoms in total. The van der Waals surface area contributed by atoms with Crippen molar-refractivity contribution in [3.05, 3.63) is 11.8 Å². The molecule has 0 radical (unpaired) electrons. The number of nitrogens with zero attached hydrogens (tertiary/aromatic N) is 2. The van der Waals surface area contributed by atoms with E-state index >= 15 is 0 Å². The van der Waals surface area contributed by atoms with E-state index in [4.69, 9.17) is 6.87 Å². The molecule has 0 saturated carbocycles. The zero-order chi connectivity index (χ0) is 15.7. The van der Waals surface area contributed by atoms with Gasteiger partial charge in [0.25, 0.3) is 0 Å². The highest BCUT2D eigenvalue weighted by Gasteiger charge is 2.09. The molecule has 3 heteroatoms. The van der Waals surface area contributed by atoms with Crippen LogP contribution in [0.2, 0.25) is 0 Å². The third-order valence-electron chi connectivity index (χ3n) is 3.43. The average Bonchev–Trinajstić information content (AvgIpc) is 2.44. The standard InChI is InChI=1S/C15H29N2.Al.2H/c1-7-12(5)16-14(9-3)11-15(10-4)17-13(6)8-2;;;/h11-13H,7-10H2,1-6H3;;;/q-1;+1;;/b14-11-,17-15?;;;/i;;2*1+1. The summed E-state index contributed by atoms with van der Waals surface area (Å²) >= 11 is -2.34. The van der Waals surface area contributed by atoms with Gasteiger partial charge in [0, 0.05) is 17.8 Å². The molecular weight excluding hydrogens is 235 g/mol. The molecule has 0 aromatic rings. The summed E-state index contributed by atoms with van der Waals surface area (Å²) in [5.74, 6) is 0. The molecule has 0 heterocycles. The molecular formula is C15H31AlN2. The molecule has 0 aliphatic carbocycles. The SMILES string of the molecule is [2H][Al]([2H])[N](/C(=C\C(CC)=NC(C)CC)CC)C(C)CC. The number of aliphatic imine (C=N–C) groups is 1. The second kappa shape index (κ2) is 9.64. The van der Waals surface area contributed by atoms with Crippen LogP contribution in [-0.2, 0) is 0 Å². The highest BCUT2D eigenvalue weighted by molar-refractivity contribution is 6.06. The van der Waals surface area contributed by atoms with Gasteiger partial charge >= 0.3 is 16.2 Å². The van der Waals surface area contributed by atoms with Crippen LogP contribution in [0.15, 0.2) is 16.8 Å². The minimum Gasteiger partial charge on any atom is -0.470 e. The van der Waals surface area contributed by atoms with Crippen molar-refractivity contribution < 1.29 is 0 Å². The fraction of sp³-hybridized carbons (Fsp3) is 0.800. The maximum atomic E-state index is 7.93. The Balaban J connectivity index is 5.37. The van der Waals surface area contributed by atoms with Gasteiger partial charge in [-0.1, -0.05) is 27.7 Å². The minimum absolute atomic E-state index is 0.273. The molecule has 2 unspecified atom stereocenters. The quantitative estimate of drug-likeness (QED) is 0.461. The van der Waals surface area contributed by atoms with Crippen molar-refractivity contribution in [3.8, 4) is 0 Å². The van der Waals surface area contributed by atoms with Crippen LogP contribution in [0.25, 0.3) is 0 Å². The molecule has 0 aliphatic heterocycles. The summed E-state index contributed by atoms with van der Waals surface area (Å²) < 4.78 is 17.9. The van der Waals surface area contributed by atoms with Crippen molar-refractivity contribution >= 4 is 21.9 Å². The molecule has 0 saturated heterocycles. The number of hydrogen-bond donors (Lipinski definition) is 0. The summed E-state index contributed by atoms with van der Waals surface area (Å²) in [6.07, 6.45) is 5.92. The molecule has 0 amide bonds. The Kier molecular flexibility index (Phi) is 7.59. The normalized spacial score (nSPS) is 17.9. The average molecular weight is 268 g/mol. The molecule has 0 fully saturated rings. The van der Waals surface area contributed by atoms with Gasteiger partial charge in [-0.05, 0) is 53.2 Å². The molecule has 0 aromatic carbocycles. The maximum Gasteiger partial charge on any atom is 0.363 e.